The van der Waals surface area contributed by atoms with Crippen LogP contribution in [0.2, 0.25) is 0 Å². The van der Waals surface area contributed by atoms with Gasteiger partial charge in [0.25, 0.3) is 0 Å². The second-order valence-corrected chi connectivity index (χ2v) is 3.42. The Morgan fingerprint density at radius 1 is 1.00 bits per heavy atom. The topological polar surface area (TPSA) is 9.23 Å². The lowest BCUT2D eigenvalue weighted by atomic mass is 10.0. The van der Waals surface area contributed by atoms with Gasteiger partial charge >= 0.3 is 0 Å². The van der Waals surface area contributed by atoms with Gasteiger partial charge in [0.1, 0.15) is 0 Å². The molecule has 0 unspecified atom stereocenters. The Hall–Kier alpha value is -1.83. The maximum absolute atomic E-state index is 13.6. The molecule has 0 aliphatic carbocycles. The Morgan fingerprint density at radius 3 is 2.44 bits per heavy atom. The summed E-state index contributed by atoms with van der Waals surface area (Å²) in [5.41, 5.74) is 1.76. The van der Waals surface area contributed by atoms with Gasteiger partial charge in [-0.25, -0.2) is 4.39 Å². The summed E-state index contributed by atoms with van der Waals surface area (Å²) in [5.74, 6) is 0.0133. The normalized spacial score (nSPS) is 10.1. The van der Waals surface area contributed by atoms with E-state index in [9.17, 15) is 4.39 Å². The molecule has 0 atom stereocenters. The summed E-state index contributed by atoms with van der Waals surface area (Å²) in [6.45, 7) is 2.31. The van der Waals surface area contributed by atoms with Gasteiger partial charge in [0.05, 0.1) is 6.61 Å². The number of para-hydroxylation sites is 1. The van der Waals surface area contributed by atoms with Crippen molar-refractivity contribution < 1.29 is 9.13 Å². The largest absolute Gasteiger partial charge is 0.490 e. The molecule has 0 bridgehead atoms. The van der Waals surface area contributed by atoms with Crippen LogP contribution in [-0.4, -0.2) is 6.61 Å². The number of hydrogen-bond acceptors (Lipinski definition) is 1. The number of halogens is 1. The molecule has 82 valence electrons. The molecule has 0 amide bonds. The van der Waals surface area contributed by atoms with Gasteiger partial charge in [0.15, 0.2) is 11.6 Å². The van der Waals surface area contributed by atoms with Gasteiger partial charge in [0, 0.05) is 5.56 Å². The van der Waals surface area contributed by atoms with Crippen LogP contribution in [0, 0.1) is 5.82 Å². The van der Waals surface area contributed by atoms with E-state index in [-0.39, 0.29) is 5.82 Å². The van der Waals surface area contributed by atoms with Crippen molar-refractivity contribution in [3.63, 3.8) is 0 Å². The third kappa shape index (κ3) is 2.06. The maximum Gasteiger partial charge on any atom is 0.165 e. The average Bonchev–Trinajstić information content (AvgIpc) is 2.33. The zero-order chi connectivity index (χ0) is 11.4. The number of benzene rings is 2. The first-order valence-electron chi connectivity index (χ1n) is 5.29. The predicted octanol–water partition coefficient (Wildman–Crippen LogP) is 3.89. The Labute approximate surface area is 94.5 Å². The molecular formula is C14H13FO. The molecule has 2 heteroatoms. The molecule has 0 radical (unpaired) electrons. The summed E-state index contributed by atoms with van der Waals surface area (Å²) in [7, 11) is 0. The molecule has 0 N–H and O–H groups in total. The second-order valence-electron chi connectivity index (χ2n) is 3.42. The molecule has 0 fully saturated rings. The third-order valence-corrected chi connectivity index (χ3v) is 2.34. The molecule has 0 aliphatic rings. The third-order valence-electron chi connectivity index (χ3n) is 2.34. The van der Waals surface area contributed by atoms with E-state index in [0.29, 0.717) is 12.4 Å². The van der Waals surface area contributed by atoms with Gasteiger partial charge in [-0.05, 0) is 18.6 Å². The number of ether oxygens (including phenoxy) is 1. The van der Waals surface area contributed by atoms with Crippen molar-refractivity contribution >= 4 is 0 Å². The molecule has 0 aliphatic heterocycles. The summed E-state index contributed by atoms with van der Waals surface area (Å²) in [4.78, 5) is 0. The standard InChI is InChI=1S/C14H13FO/c1-2-16-14-12(9-6-10-13(14)15)11-7-4-3-5-8-11/h3-10H,2H2,1H3. The first kappa shape index (κ1) is 10.7. The summed E-state index contributed by atoms with van der Waals surface area (Å²) in [5, 5.41) is 0. The van der Waals surface area contributed by atoms with E-state index in [1.54, 1.807) is 6.07 Å². The van der Waals surface area contributed by atoms with Gasteiger partial charge in [0.2, 0.25) is 0 Å². The Morgan fingerprint density at radius 2 is 1.75 bits per heavy atom. The molecule has 0 heterocycles. The minimum Gasteiger partial charge on any atom is -0.490 e. The molecule has 0 saturated carbocycles. The van der Waals surface area contributed by atoms with E-state index in [1.807, 2.05) is 43.3 Å². The van der Waals surface area contributed by atoms with Crippen LogP contribution in [0.4, 0.5) is 4.39 Å². The van der Waals surface area contributed by atoms with Crippen LogP contribution in [0.25, 0.3) is 11.1 Å². The van der Waals surface area contributed by atoms with Crippen molar-refractivity contribution in [1.29, 1.82) is 0 Å². The lowest BCUT2D eigenvalue weighted by Gasteiger charge is -2.10. The Bertz CT molecular complexity index is 465. The van der Waals surface area contributed by atoms with E-state index < -0.39 is 0 Å². The van der Waals surface area contributed by atoms with Crippen LogP contribution in [0.1, 0.15) is 6.92 Å². The predicted molar refractivity (Wildman–Crippen MR) is 63.0 cm³/mol. The lowest BCUT2D eigenvalue weighted by molar-refractivity contribution is 0.323. The highest BCUT2D eigenvalue weighted by Gasteiger charge is 2.10. The van der Waals surface area contributed by atoms with Crippen LogP contribution in [0.3, 0.4) is 0 Å². The summed E-state index contributed by atoms with van der Waals surface area (Å²) in [6.07, 6.45) is 0. The molecule has 16 heavy (non-hydrogen) atoms. The van der Waals surface area contributed by atoms with Gasteiger partial charge in [-0.1, -0.05) is 42.5 Å². The van der Waals surface area contributed by atoms with Crippen LogP contribution >= 0.6 is 0 Å². The Kier molecular flexibility index (Phi) is 3.20. The molecule has 1 nitrogen and oxygen atoms in total. The average molecular weight is 216 g/mol. The SMILES string of the molecule is CCOc1c(F)cccc1-c1ccccc1. The number of hydrogen-bond donors (Lipinski definition) is 0. The highest BCUT2D eigenvalue weighted by atomic mass is 19.1. The highest BCUT2D eigenvalue weighted by molar-refractivity contribution is 5.70. The van der Waals surface area contributed by atoms with Crippen LogP contribution in [0.5, 0.6) is 5.75 Å². The van der Waals surface area contributed by atoms with Crippen molar-refractivity contribution in [3.8, 4) is 16.9 Å². The quantitative estimate of drug-likeness (QED) is 0.756. The molecular weight excluding hydrogens is 203 g/mol. The van der Waals surface area contributed by atoms with Crippen LogP contribution in [0.15, 0.2) is 48.5 Å². The van der Waals surface area contributed by atoms with Gasteiger partial charge in [-0.15, -0.1) is 0 Å². The number of rotatable bonds is 3. The zero-order valence-electron chi connectivity index (χ0n) is 9.11. The smallest absolute Gasteiger partial charge is 0.165 e. The van der Waals surface area contributed by atoms with E-state index in [4.69, 9.17) is 4.74 Å². The minimum atomic E-state index is -0.316. The van der Waals surface area contributed by atoms with Crippen molar-refractivity contribution in [2.45, 2.75) is 6.92 Å². The molecule has 0 saturated heterocycles. The highest BCUT2D eigenvalue weighted by Crippen LogP contribution is 2.32. The summed E-state index contributed by atoms with van der Waals surface area (Å²) >= 11 is 0. The van der Waals surface area contributed by atoms with Crippen LogP contribution in [-0.2, 0) is 0 Å². The van der Waals surface area contributed by atoms with Crippen molar-refractivity contribution in [2.75, 3.05) is 6.61 Å². The fourth-order valence-corrected chi connectivity index (χ4v) is 1.64. The van der Waals surface area contributed by atoms with E-state index >= 15 is 0 Å². The molecule has 2 aromatic rings. The zero-order valence-corrected chi connectivity index (χ0v) is 9.11. The summed E-state index contributed by atoms with van der Waals surface area (Å²) in [6, 6.07) is 14.6. The van der Waals surface area contributed by atoms with E-state index in [2.05, 4.69) is 0 Å². The first-order valence-corrected chi connectivity index (χ1v) is 5.29. The second kappa shape index (κ2) is 4.79. The fraction of sp³-hybridized carbons (Fsp3) is 0.143. The van der Waals surface area contributed by atoms with Gasteiger partial charge in [-0.3, -0.25) is 0 Å². The molecule has 0 spiro atoms. The first-order chi connectivity index (χ1) is 7.83. The van der Waals surface area contributed by atoms with Crippen LogP contribution < -0.4 is 4.74 Å². The molecule has 0 aromatic heterocycles. The molecule has 2 rings (SSSR count). The van der Waals surface area contributed by atoms with Crippen molar-refractivity contribution in [2.24, 2.45) is 0 Å². The Balaban J connectivity index is 2.52. The maximum atomic E-state index is 13.6. The van der Waals surface area contributed by atoms with E-state index in [0.717, 1.165) is 11.1 Å². The minimum absolute atomic E-state index is 0.316. The van der Waals surface area contributed by atoms with Gasteiger partial charge in [-0.2, -0.15) is 0 Å². The molecule has 2 aromatic carbocycles. The monoisotopic (exact) mass is 216 g/mol. The lowest BCUT2D eigenvalue weighted by Crippen LogP contribution is -1.96. The summed E-state index contributed by atoms with van der Waals surface area (Å²) < 4.78 is 18.9. The van der Waals surface area contributed by atoms with Gasteiger partial charge < -0.3 is 4.74 Å². The van der Waals surface area contributed by atoms with Crippen molar-refractivity contribution in [3.05, 3.63) is 54.3 Å². The fourth-order valence-electron chi connectivity index (χ4n) is 1.64. The van der Waals surface area contributed by atoms with Crippen molar-refractivity contribution in [1.82, 2.24) is 0 Å². The van der Waals surface area contributed by atoms with E-state index in [1.165, 1.54) is 6.07 Å².